The zero-order valence-electron chi connectivity index (χ0n) is 10.1. The van der Waals surface area contributed by atoms with Crippen LogP contribution in [0, 0.1) is 0 Å². The molecule has 2 unspecified atom stereocenters. The quantitative estimate of drug-likeness (QED) is 0.845. The fourth-order valence-corrected chi connectivity index (χ4v) is 2.72. The standard InChI is InChI=1S/C14H22N2/c1-12-7-5-6-10-16(12)14(11-15)13-8-3-2-4-9-13/h2-4,8-9,12,14H,5-7,10-11,15H2,1H3. The highest BCUT2D eigenvalue weighted by Crippen LogP contribution is 2.27. The van der Waals surface area contributed by atoms with Crippen LogP contribution in [0.4, 0.5) is 0 Å². The Hall–Kier alpha value is -0.860. The summed E-state index contributed by atoms with van der Waals surface area (Å²) in [6.07, 6.45) is 3.99. The van der Waals surface area contributed by atoms with Crippen LogP contribution < -0.4 is 5.73 Å². The summed E-state index contributed by atoms with van der Waals surface area (Å²) in [7, 11) is 0. The molecule has 0 aliphatic carbocycles. The van der Waals surface area contributed by atoms with Gasteiger partial charge in [-0.1, -0.05) is 36.8 Å². The number of piperidine rings is 1. The second kappa shape index (κ2) is 5.46. The first-order valence-electron chi connectivity index (χ1n) is 6.33. The van der Waals surface area contributed by atoms with Crippen molar-refractivity contribution in [3.05, 3.63) is 35.9 Å². The van der Waals surface area contributed by atoms with Crippen molar-refractivity contribution >= 4 is 0 Å². The molecule has 0 aromatic heterocycles. The molecule has 2 nitrogen and oxygen atoms in total. The van der Waals surface area contributed by atoms with E-state index in [2.05, 4.69) is 42.2 Å². The van der Waals surface area contributed by atoms with E-state index >= 15 is 0 Å². The van der Waals surface area contributed by atoms with E-state index in [9.17, 15) is 0 Å². The maximum absolute atomic E-state index is 5.96. The maximum Gasteiger partial charge on any atom is 0.0473 e. The highest BCUT2D eigenvalue weighted by Gasteiger charge is 2.25. The predicted molar refractivity (Wildman–Crippen MR) is 68.3 cm³/mol. The molecule has 2 atom stereocenters. The van der Waals surface area contributed by atoms with Crippen LogP contribution in [-0.2, 0) is 0 Å². The lowest BCUT2D eigenvalue weighted by Crippen LogP contribution is -2.43. The van der Waals surface area contributed by atoms with Gasteiger partial charge in [0.25, 0.3) is 0 Å². The molecule has 88 valence electrons. The van der Waals surface area contributed by atoms with Crippen LogP contribution in [-0.4, -0.2) is 24.0 Å². The minimum absolute atomic E-state index is 0.400. The molecule has 0 bridgehead atoms. The number of nitrogens with two attached hydrogens (primary N) is 1. The van der Waals surface area contributed by atoms with Crippen molar-refractivity contribution in [1.82, 2.24) is 4.90 Å². The first-order valence-corrected chi connectivity index (χ1v) is 6.33. The van der Waals surface area contributed by atoms with Crippen molar-refractivity contribution in [3.63, 3.8) is 0 Å². The zero-order valence-corrected chi connectivity index (χ0v) is 10.1. The van der Waals surface area contributed by atoms with Crippen LogP contribution >= 0.6 is 0 Å². The maximum atomic E-state index is 5.96. The SMILES string of the molecule is CC1CCCCN1C(CN)c1ccccc1. The highest BCUT2D eigenvalue weighted by molar-refractivity contribution is 5.19. The Morgan fingerprint density at radius 3 is 2.69 bits per heavy atom. The molecular formula is C14H22N2. The van der Waals surface area contributed by atoms with Crippen LogP contribution in [0.25, 0.3) is 0 Å². The summed E-state index contributed by atoms with van der Waals surface area (Å²) in [6, 6.07) is 11.7. The minimum Gasteiger partial charge on any atom is -0.329 e. The molecule has 1 aliphatic heterocycles. The summed E-state index contributed by atoms with van der Waals surface area (Å²) in [5, 5.41) is 0. The Morgan fingerprint density at radius 2 is 2.06 bits per heavy atom. The van der Waals surface area contributed by atoms with Gasteiger partial charge in [-0.15, -0.1) is 0 Å². The van der Waals surface area contributed by atoms with E-state index in [0.717, 1.165) is 0 Å². The molecule has 0 amide bonds. The van der Waals surface area contributed by atoms with Crippen LogP contribution in [0.5, 0.6) is 0 Å². The average molecular weight is 218 g/mol. The molecule has 16 heavy (non-hydrogen) atoms. The van der Waals surface area contributed by atoms with Gasteiger partial charge in [0.1, 0.15) is 0 Å². The van der Waals surface area contributed by atoms with Gasteiger partial charge in [-0.3, -0.25) is 4.90 Å². The average Bonchev–Trinajstić information content (AvgIpc) is 2.34. The minimum atomic E-state index is 0.400. The summed E-state index contributed by atoms with van der Waals surface area (Å²) >= 11 is 0. The lowest BCUT2D eigenvalue weighted by Gasteiger charge is -2.39. The van der Waals surface area contributed by atoms with Gasteiger partial charge in [0.2, 0.25) is 0 Å². The molecule has 2 heteroatoms. The summed E-state index contributed by atoms with van der Waals surface area (Å²) in [5.74, 6) is 0. The molecule has 1 aromatic rings. The van der Waals surface area contributed by atoms with Crippen LogP contribution in [0.15, 0.2) is 30.3 Å². The van der Waals surface area contributed by atoms with Gasteiger partial charge in [-0.2, -0.15) is 0 Å². The zero-order chi connectivity index (χ0) is 11.4. The van der Waals surface area contributed by atoms with Crippen molar-refractivity contribution in [2.75, 3.05) is 13.1 Å². The Bertz CT molecular complexity index is 310. The van der Waals surface area contributed by atoms with Gasteiger partial charge in [-0.05, 0) is 31.9 Å². The van der Waals surface area contributed by atoms with Crippen LogP contribution in [0.2, 0.25) is 0 Å². The third-order valence-electron chi connectivity index (χ3n) is 3.66. The van der Waals surface area contributed by atoms with Gasteiger partial charge in [0, 0.05) is 18.6 Å². The Kier molecular flexibility index (Phi) is 3.97. The summed E-state index contributed by atoms with van der Waals surface area (Å²) < 4.78 is 0. The van der Waals surface area contributed by atoms with Crippen molar-refractivity contribution < 1.29 is 0 Å². The fraction of sp³-hybridized carbons (Fsp3) is 0.571. The Morgan fingerprint density at radius 1 is 1.31 bits per heavy atom. The second-order valence-electron chi connectivity index (χ2n) is 4.74. The number of hydrogen-bond donors (Lipinski definition) is 1. The second-order valence-corrected chi connectivity index (χ2v) is 4.74. The van der Waals surface area contributed by atoms with E-state index in [1.807, 2.05) is 0 Å². The van der Waals surface area contributed by atoms with Crippen molar-refractivity contribution in [3.8, 4) is 0 Å². The number of benzene rings is 1. The van der Waals surface area contributed by atoms with Crippen molar-refractivity contribution in [1.29, 1.82) is 0 Å². The summed E-state index contributed by atoms with van der Waals surface area (Å²) in [4.78, 5) is 2.57. The molecule has 1 aromatic carbocycles. The third kappa shape index (κ3) is 2.45. The molecule has 1 aliphatic rings. The first-order chi connectivity index (χ1) is 7.83. The van der Waals surface area contributed by atoms with Crippen molar-refractivity contribution in [2.24, 2.45) is 5.73 Å². The number of likely N-dealkylation sites (tertiary alicyclic amines) is 1. The number of nitrogens with zero attached hydrogens (tertiary/aromatic N) is 1. The number of rotatable bonds is 3. The Balaban J connectivity index is 2.15. The smallest absolute Gasteiger partial charge is 0.0473 e. The van der Waals surface area contributed by atoms with Crippen LogP contribution in [0.1, 0.15) is 37.8 Å². The monoisotopic (exact) mass is 218 g/mol. The lowest BCUT2D eigenvalue weighted by atomic mass is 9.97. The lowest BCUT2D eigenvalue weighted by molar-refractivity contribution is 0.109. The van der Waals surface area contributed by atoms with Crippen molar-refractivity contribution in [2.45, 2.75) is 38.3 Å². The molecule has 0 spiro atoms. The van der Waals surface area contributed by atoms with E-state index in [1.54, 1.807) is 0 Å². The van der Waals surface area contributed by atoms with Gasteiger partial charge in [0.15, 0.2) is 0 Å². The molecule has 2 N–H and O–H groups in total. The van der Waals surface area contributed by atoms with E-state index in [1.165, 1.54) is 31.4 Å². The van der Waals surface area contributed by atoms with Gasteiger partial charge < -0.3 is 5.73 Å². The summed E-state index contributed by atoms with van der Waals surface area (Å²) in [6.45, 7) is 4.23. The van der Waals surface area contributed by atoms with E-state index in [0.29, 0.717) is 18.6 Å². The number of hydrogen-bond acceptors (Lipinski definition) is 2. The first kappa shape index (κ1) is 11.6. The molecule has 2 rings (SSSR count). The molecular weight excluding hydrogens is 196 g/mol. The third-order valence-corrected chi connectivity index (χ3v) is 3.66. The van der Waals surface area contributed by atoms with Gasteiger partial charge in [-0.25, -0.2) is 0 Å². The summed E-state index contributed by atoms with van der Waals surface area (Å²) in [5.41, 5.74) is 7.32. The molecule has 1 heterocycles. The molecule has 1 fully saturated rings. The van der Waals surface area contributed by atoms with E-state index < -0.39 is 0 Å². The molecule has 0 saturated carbocycles. The van der Waals surface area contributed by atoms with Crippen LogP contribution in [0.3, 0.4) is 0 Å². The molecule has 1 saturated heterocycles. The Labute approximate surface area is 98.4 Å². The molecule has 0 radical (unpaired) electrons. The van der Waals surface area contributed by atoms with E-state index in [4.69, 9.17) is 5.73 Å². The highest BCUT2D eigenvalue weighted by atomic mass is 15.2. The van der Waals surface area contributed by atoms with Gasteiger partial charge in [0.05, 0.1) is 0 Å². The predicted octanol–water partition coefficient (Wildman–Crippen LogP) is 2.56. The largest absolute Gasteiger partial charge is 0.329 e. The van der Waals surface area contributed by atoms with Gasteiger partial charge >= 0.3 is 0 Å². The normalized spacial score (nSPS) is 24.2. The topological polar surface area (TPSA) is 29.3 Å². The van der Waals surface area contributed by atoms with E-state index in [-0.39, 0.29) is 0 Å². The fourth-order valence-electron chi connectivity index (χ4n) is 2.72.